The molecule has 4 bridgehead atoms. The fourth-order valence-corrected chi connectivity index (χ4v) is 8.74. The maximum absolute atomic E-state index is 13.1. The van der Waals surface area contributed by atoms with Crippen LogP contribution in [0.3, 0.4) is 0 Å². The molecule has 1 unspecified atom stereocenters. The van der Waals surface area contributed by atoms with Crippen molar-refractivity contribution in [1.82, 2.24) is 4.90 Å². The average Bonchev–Trinajstić information content (AvgIpc) is 3.23. The first-order valence-corrected chi connectivity index (χ1v) is 15.2. The minimum atomic E-state index is 0. The summed E-state index contributed by atoms with van der Waals surface area (Å²) >= 11 is 1.89. The summed E-state index contributed by atoms with van der Waals surface area (Å²) in [7, 11) is 0. The molecule has 7 rings (SSSR count). The second kappa shape index (κ2) is 11.9. The number of nitrogens with one attached hydrogen (secondary N) is 1. The maximum Gasteiger partial charge on any atom is 0.226 e. The molecule has 0 aromatic heterocycles. The molecule has 38 heavy (non-hydrogen) atoms. The molecule has 1 amide bonds. The van der Waals surface area contributed by atoms with Crippen LogP contribution in [-0.4, -0.2) is 39.9 Å². The van der Waals surface area contributed by atoms with E-state index in [-0.39, 0.29) is 29.9 Å². The van der Waals surface area contributed by atoms with Crippen molar-refractivity contribution in [3.63, 3.8) is 0 Å². The Kier molecular flexibility index (Phi) is 8.59. The van der Waals surface area contributed by atoms with Gasteiger partial charge in [-0.2, -0.15) is 0 Å². The molecule has 1 atom stereocenters. The van der Waals surface area contributed by atoms with Crippen LogP contribution in [-0.2, 0) is 4.79 Å². The average molecular weight is 554 g/mol. The molecule has 4 aliphatic carbocycles. The first-order valence-electron chi connectivity index (χ1n) is 14.2. The van der Waals surface area contributed by atoms with Gasteiger partial charge in [-0.15, -0.1) is 12.4 Å². The number of ether oxygens (including phenoxy) is 1. The zero-order valence-electron chi connectivity index (χ0n) is 22.3. The van der Waals surface area contributed by atoms with Crippen molar-refractivity contribution < 1.29 is 9.53 Å². The molecule has 5 nitrogen and oxygen atoms in total. The number of carbonyl (C=O) groups excluding carboxylic acids is 1. The maximum atomic E-state index is 13.1. The van der Waals surface area contributed by atoms with Crippen LogP contribution < -0.4 is 10.1 Å². The number of amides is 1. The normalized spacial score (nSPS) is 30.3. The number of carbonyl (C=O) groups is 1. The van der Waals surface area contributed by atoms with Gasteiger partial charge in [0.1, 0.15) is 11.5 Å². The monoisotopic (exact) mass is 553 g/mol. The molecule has 1 heterocycles. The lowest BCUT2D eigenvalue weighted by atomic mass is 9.53. The number of anilines is 1. The summed E-state index contributed by atoms with van der Waals surface area (Å²) in [5, 5.41) is 4.33. The van der Waals surface area contributed by atoms with Gasteiger partial charge >= 0.3 is 0 Å². The number of aliphatic imine (C=N–C) groups is 1. The molecule has 204 valence electrons. The highest BCUT2D eigenvalue weighted by Gasteiger charge is 2.51. The van der Waals surface area contributed by atoms with Gasteiger partial charge < -0.3 is 15.0 Å². The number of nitrogens with zero attached hydrogens (tertiary/aromatic N) is 2. The lowest BCUT2D eigenvalue weighted by molar-refractivity contribution is -0.116. The van der Waals surface area contributed by atoms with Gasteiger partial charge in [-0.3, -0.25) is 9.79 Å². The molecule has 0 spiro atoms. The number of para-hydroxylation sites is 1. The zero-order chi connectivity index (χ0) is 25.2. The Morgan fingerprint density at radius 2 is 1.63 bits per heavy atom. The molecular formula is C31H40ClN3O2S. The van der Waals surface area contributed by atoms with Gasteiger partial charge in [0.15, 0.2) is 5.17 Å². The molecular weight excluding hydrogens is 514 g/mol. The highest BCUT2D eigenvalue weighted by molar-refractivity contribution is 8.14. The number of thioether (sulfide) groups is 1. The number of rotatable bonds is 9. The fraction of sp³-hybridized carbons (Fsp3) is 0.548. The third kappa shape index (κ3) is 6.17. The number of hydrogen-bond acceptors (Lipinski definition) is 4. The third-order valence-corrected chi connectivity index (χ3v) is 9.86. The Morgan fingerprint density at radius 3 is 2.26 bits per heavy atom. The number of benzene rings is 2. The predicted molar refractivity (Wildman–Crippen MR) is 160 cm³/mol. The summed E-state index contributed by atoms with van der Waals surface area (Å²) in [5.74, 6) is 5.28. The summed E-state index contributed by atoms with van der Waals surface area (Å²) in [6, 6.07) is 17.6. The van der Waals surface area contributed by atoms with Crippen molar-refractivity contribution in [2.45, 2.75) is 76.3 Å². The van der Waals surface area contributed by atoms with Crippen LogP contribution in [0.1, 0.15) is 64.7 Å². The Balaban J connectivity index is 0.00000294. The van der Waals surface area contributed by atoms with Crippen LogP contribution in [0, 0.1) is 17.8 Å². The topological polar surface area (TPSA) is 53.9 Å². The van der Waals surface area contributed by atoms with Gasteiger partial charge in [0, 0.05) is 30.4 Å². The molecule has 2 aromatic rings. The van der Waals surface area contributed by atoms with E-state index in [1.165, 1.54) is 43.7 Å². The molecule has 4 saturated carbocycles. The molecule has 5 fully saturated rings. The molecule has 0 radical (unpaired) electrons. The van der Waals surface area contributed by atoms with E-state index < -0.39 is 0 Å². The lowest BCUT2D eigenvalue weighted by Gasteiger charge is -2.55. The van der Waals surface area contributed by atoms with E-state index in [9.17, 15) is 4.79 Å². The Labute approximate surface area is 237 Å². The fourth-order valence-electron chi connectivity index (χ4n) is 7.43. The van der Waals surface area contributed by atoms with E-state index in [2.05, 4.69) is 17.1 Å². The van der Waals surface area contributed by atoms with E-state index in [4.69, 9.17) is 9.73 Å². The Bertz CT molecular complexity index is 1090. The zero-order valence-corrected chi connectivity index (χ0v) is 23.9. The first kappa shape index (κ1) is 27.4. The molecule has 1 aliphatic heterocycles. The highest BCUT2D eigenvalue weighted by atomic mass is 35.5. The minimum absolute atomic E-state index is 0. The predicted octanol–water partition coefficient (Wildman–Crippen LogP) is 7.77. The van der Waals surface area contributed by atoms with E-state index in [1.807, 2.05) is 66.4 Å². The molecule has 7 heteroatoms. The number of hydrogen-bond donors (Lipinski definition) is 1. The van der Waals surface area contributed by atoms with Crippen molar-refractivity contribution in [3.05, 3.63) is 54.6 Å². The summed E-state index contributed by atoms with van der Waals surface area (Å²) in [6.45, 7) is 3.24. The molecule has 1 N–H and O–H groups in total. The highest BCUT2D eigenvalue weighted by Crippen LogP contribution is 2.57. The minimum Gasteiger partial charge on any atom is -0.457 e. The van der Waals surface area contributed by atoms with Gasteiger partial charge in [0.2, 0.25) is 5.91 Å². The molecule has 1 saturated heterocycles. The van der Waals surface area contributed by atoms with E-state index >= 15 is 0 Å². The summed E-state index contributed by atoms with van der Waals surface area (Å²) in [5.41, 5.74) is 0.987. The van der Waals surface area contributed by atoms with Crippen LogP contribution >= 0.6 is 24.2 Å². The standard InChI is InChI=1S/C31H39N3O2S.ClH/c1-2-3-13-34-26(21-37-30(34)33-31-18-22-14-23(19-31)16-24(15-22)20-31)17-29(35)32-25-9-11-28(12-10-25)36-27-7-5-4-6-8-27;/h4-12,22-24,26H,2-3,13-21H2,1H3,(H,32,35);1H/b33-30-;. The lowest BCUT2D eigenvalue weighted by Crippen LogP contribution is -2.50. The second-order valence-electron chi connectivity index (χ2n) is 11.7. The van der Waals surface area contributed by atoms with Crippen molar-refractivity contribution in [2.24, 2.45) is 22.7 Å². The van der Waals surface area contributed by atoms with Crippen molar-refractivity contribution in [1.29, 1.82) is 0 Å². The van der Waals surface area contributed by atoms with Crippen LogP contribution in [0.5, 0.6) is 11.5 Å². The number of halogens is 1. The SMILES string of the molecule is CCCCN1/C(=N/C23CC4CC(CC(C4)C2)C3)SCC1CC(=O)Nc1ccc(Oc2ccccc2)cc1.Cl. The van der Waals surface area contributed by atoms with Gasteiger partial charge in [0.25, 0.3) is 0 Å². The van der Waals surface area contributed by atoms with Crippen molar-refractivity contribution >= 4 is 40.9 Å². The quantitative estimate of drug-likeness (QED) is 0.344. The van der Waals surface area contributed by atoms with Crippen molar-refractivity contribution in [3.8, 4) is 11.5 Å². The molecule has 2 aromatic carbocycles. The summed E-state index contributed by atoms with van der Waals surface area (Å²) < 4.78 is 5.87. The van der Waals surface area contributed by atoms with Gasteiger partial charge in [-0.25, -0.2) is 0 Å². The first-order chi connectivity index (χ1) is 18.1. The van der Waals surface area contributed by atoms with Gasteiger partial charge in [0.05, 0.1) is 5.54 Å². The smallest absolute Gasteiger partial charge is 0.226 e. The molecule has 5 aliphatic rings. The van der Waals surface area contributed by atoms with E-state index in [0.717, 1.165) is 60.1 Å². The Morgan fingerprint density at radius 1 is 1.00 bits per heavy atom. The van der Waals surface area contributed by atoms with E-state index in [1.54, 1.807) is 0 Å². The van der Waals surface area contributed by atoms with E-state index in [0.29, 0.717) is 6.42 Å². The van der Waals surface area contributed by atoms with Crippen LogP contribution in [0.2, 0.25) is 0 Å². The van der Waals surface area contributed by atoms with Gasteiger partial charge in [-0.1, -0.05) is 43.3 Å². The number of amidine groups is 1. The largest absolute Gasteiger partial charge is 0.457 e. The Hall–Kier alpha value is -2.18. The number of unbranched alkanes of at least 4 members (excludes halogenated alkanes) is 1. The second-order valence-corrected chi connectivity index (χ2v) is 12.7. The summed E-state index contributed by atoms with van der Waals surface area (Å²) in [6.07, 6.45) is 11.0. The third-order valence-electron chi connectivity index (χ3n) is 8.72. The van der Waals surface area contributed by atoms with Crippen molar-refractivity contribution in [2.75, 3.05) is 17.6 Å². The van der Waals surface area contributed by atoms with Gasteiger partial charge in [-0.05, 0) is 99.1 Å². The van der Waals surface area contributed by atoms with Crippen LogP contribution in [0.15, 0.2) is 59.6 Å². The summed E-state index contributed by atoms with van der Waals surface area (Å²) in [4.78, 5) is 21.1. The van der Waals surface area contributed by atoms with Crippen LogP contribution in [0.25, 0.3) is 0 Å². The van der Waals surface area contributed by atoms with Crippen LogP contribution in [0.4, 0.5) is 5.69 Å².